The van der Waals surface area contributed by atoms with Gasteiger partial charge in [0.2, 0.25) is 0 Å². The molecule has 1 fully saturated rings. The van der Waals surface area contributed by atoms with Crippen LogP contribution in [0.25, 0.3) is 0 Å². The van der Waals surface area contributed by atoms with Crippen molar-refractivity contribution in [2.24, 2.45) is 0 Å². The number of benzene rings is 1. The first-order chi connectivity index (χ1) is 7.31. The molecular weight excluding hydrogens is 188 g/mol. The summed E-state index contributed by atoms with van der Waals surface area (Å²) in [4.78, 5) is 0. The van der Waals surface area contributed by atoms with E-state index in [2.05, 4.69) is 6.07 Å². The number of methoxy groups -OCH3 is 1. The summed E-state index contributed by atoms with van der Waals surface area (Å²) in [6.45, 7) is 0. The van der Waals surface area contributed by atoms with Crippen molar-refractivity contribution in [3.05, 3.63) is 23.8 Å². The second-order valence-electron chi connectivity index (χ2n) is 4.64. The number of hydrogen-bond acceptors (Lipinski definition) is 2. The maximum atomic E-state index is 6.10. The van der Waals surface area contributed by atoms with Crippen LogP contribution in [-0.2, 0) is 6.42 Å². The summed E-state index contributed by atoms with van der Waals surface area (Å²) in [5.41, 5.74) is 1.45. The molecule has 2 heteroatoms. The van der Waals surface area contributed by atoms with Gasteiger partial charge in [0.25, 0.3) is 0 Å². The minimum absolute atomic E-state index is 0.134. The molecule has 0 atom stereocenters. The SMILES string of the molecule is COc1ccc2c(c1)CC1(CCCC1)O2. The summed E-state index contributed by atoms with van der Waals surface area (Å²) in [6.07, 6.45) is 6.11. The molecule has 1 aliphatic carbocycles. The zero-order valence-corrected chi connectivity index (χ0v) is 9.08. The van der Waals surface area contributed by atoms with E-state index in [1.807, 2.05) is 12.1 Å². The monoisotopic (exact) mass is 204 g/mol. The number of ether oxygens (including phenoxy) is 2. The van der Waals surface area contributed by atoms with Crippen molar-refractivity contribution in [1.82, 2.24) is 0 Å². The molecule has 1 aliphatic heterocycles. The summed E-state index contributed by atoms with van der Waals surface area (Å²) in [5.74, 6) is 2.00. The Bertz CT molecular complexity index is 378. The zero-order valence-electron chi connectivity index (χ0n) is 9.08. The van der Waals surface area contributed by atoms with Gasteiger partial charge >= 0.3 is 0 Å². The highest BCUT2D eigenvalue weighted by Gasteiger charge is 2.41. The van der Waals surface area contributed by atoms with Crippen LogP contribution in [-0.4, -0.2) is 12.7 Å². The Morgan fingerprint density at radius 1 is 1.27 bits per heavy atom. The second-order valence-corrected chi connectivity index (χ2v) is 4.64. The van der Waals surface area contributed by atoms with Gasteiger partial charge in [0, 0.05) is 12.0 Å². The average molecular weight is 204 g/mol. The molecule has 0 amide bonds. The summed E-state index contributed by atoms with van der Waals surface area (Å²) in [5, 5.41) is 0. The normalized spacial score (nSPS) is 21.4. The first kappa shape index (κ1) is 9.08. The van der Waals surface area contributed by atoms with E-state index in [0.29, 0.717) is 0 Å². The lowest BCUT2D eigenvalue weighted by Crippen LogP contribution is -2.29. The molecule has 0 radical (unpaired) electrons. The smallest absolute Gasteiger partial charge is 0.123 e. The number of rotatable bonds is 1. The van der Waals surface area contributed by atoms with Crippen molar-refractivity contribution in [2.45, 2.75) is 37.7 Å². The van der Waals surface area contributed by atoms with Crippen LogP contribution >= 0.6 is 0 Å². The van der Waals surface area contributed by atoms with Gasteiger partial charge in [-0.2, -0.15) is 0 Å². The van der Waals surface area contributed by atoms with Crippen LogP contribution in [0.4, 0.5) is 0 Å². The van der Waals surface area contributed by atoms with Gasteiger partial charge < -0.3 is 9.47 Å². The fourth-order valence-electron chi connectivity index (χ4n) is 2.84. The third kappa shape index (κ3) is 1.39. The average Bonchev–Trinajstić information content (AvgIpc) is 2.84. The standard InChI is InChI=1S/C13H16O2/c1-14-11-4-5-12-10(8-11)9-13(15-12)6-2-3-7-13/h4-5,8H,2-3,6-7,9H2,1H3. The highest BCUT2D eigenvalue weighted by atomic mass is 16.5. The Labute approximate surface area is 90.2 Å². The molecule has 80 valence electrons. The Balaban J connectivity index is 1.92. The molecule has 1 aromatic rings. The van der Waals surface area contributed by atoms with Gasteiger partial charge in [-0.3, -0.25) is 0 Å². The molecular formula is C13H16O2. The molecule has 1 heterocycles. The Kier molecular flexibility index (Phi) is 1.91. The van der Waals surface area contributed by atoms with Crippen molar-refractivity contribution < 1.29 is 9.47 Å². The predicted octanol–water partition coefficient (Wildman–Crippen LogP) is 2.94. The van der Waals surface area contributed by atoms with Crippen molar-refractivity contribution >= 4 is 0 Å². The van der Waals surface area contributed by atoms with E-state index in [9.17, 15) is 0 Å². The van der Waals surface area contributed by atoms with Crippen LogP contribution in [0.2, 0.25) is 0 Å². The zero-order chi connectivity index (χ0) is 10.3. The molecule has 2 aliphatic rings. The maximum Gasteiger partial charge on any atom is 0.123 e. The first-order valence-corrected chi connectivity index (χ1v) is 5.67. The topological polar surface area (TPSA) is 18.5 Å². The van der Waals surface area contributed by atoms with Crippen molar-refractivity contribution in [3.8, 4) is 11.5 Å². The van der Waals surface area contributed by atoms with Gasteiger partial charge in [0.05, 0.1) is 7.11 Å². The van der Waals surface area contributed by atoms with E-state index in [4.69, 9.17) is 9.47 Å². The molecule has 0 unspecified atom stereocenters. The molecule has 3 rings (SSSR count). The van der Waals surface area contributed by atoms with E-state index in [1.54, 1.807) is 7.11 Å². The Hall–Kier alpha value is -1.18. The molecule has 2 nitrogen and oxygen atoms in total. The summed E-state index contributed by atoms with van der Waals surface area (Å²) in [6, 6.07) is 6.14. The lowest BCUT2D eigenvalue weighted by Gasteiger charge is -2.22. The van der Waals surface area contributed by atoms with Gasteiger partial charge in [0.1, 0.15) is 17.1 Å². The maximum absolute atomic E-state index is 6.10. The third-order valence-corrected chi connectivity index (χ3v) is 3.62. The van der Waals surface area contributed by atoms with Gasteiger partial charge in [-0.05, 0) is 43.9 Å². The van der Waals surface area contributed by atoms with E-state index >= 15 is 0 Å². The molecule has 1 spiro atoms. The van der Waals surface area contributed by atoms with E-state index in [1.165, 1.54) is 31.2 Å². The highest BCUT2D eigenvalue weighted by molar-refractivity contribution is 5.44. The molecule has 1 aromatic carbocycles. The molecule has 15 heavy (non-hydrogen) atoms. The van der Waals surface area contributed by atoms with Crippen LogP contribution in [0.15, 0.2) is 18.2 Å². The Morgan fingerprint density at radius 2 is 2.07 bits per heavy atom. The second kappa shape index (κ2) is 3.16. The minimum atomic E-state index is 0.134. The van der Waals surface area contributed by atoms with Gasteiger partial charge in [0.15, 0.2) is 0 Å². The minimum Gasteiger partial charge on any atom is -0.497 e. The molecule has 0 bridgehead atoms. The highest BCUT2D eigenvalue weighted by Crippen LogP contribution is 2.45. The van der Waals surface area contributed by atoms with Crippen LogP contribution in [0.3, 0.4) is 0 Å². The van der Waals surface area contributed by atoms with Gasteiger partial charge in [-0.15, -0.1) is 0 Å². The van der Waals surface area contributed by atoms with Crippen LogP contribution in [0, 0.1) is 0 Å². The van der Waals surface area contributed by atoms with E-state index in [0.717, 1.165) is 17.9 Å². The van der Waals surface area contributed by atoms with Crippen LogP contribution in [0.5, 0.6) is 11.5 Å². The molecule has 1 saturated carbocycles. The quantitative estimate of drug-likeness (QED) is 0.700. The molecule has 0 N–H and O–H groups in total. The van der Waals surface area contributed by atoms with E-state index in [-0.39, 0.29) is 5.60 Å². The van der Waals surface area contributed by atoms with Gasteiger partial charge in [-0.25, -0.2) is 0 Å². The molecule has 0 aromatic heterocycles. The van der Waals surface area contributed by atoms with Crippen molar-refractivity contribution in [1.29, 1.82) is 0 Å². The number of fused-ring (bicyclic) bond motifs is 1. The lowest BCUT2D eigenvalue weighted by atomic mass is 9.96. The van der Waals surface area contributed by atoms with Crippen molar-refractivity contribution in [2.75, 3.05) is 7.11 Å². The van der Waals surface area contributed by atoms with Crippen LogP contribution < -0.4 is 9.47 Å². The Morgan fingerprint density at radius 3 is 2.80 bits per heavy atom. The van der Waals surface area contributed by atoms with E-state index < -0.39 is 0 Å². The third-order valence-electron chi connectivity index (χ3n) is 3.62. The fourth-order valence-corrected chi connectivity index (χ4v) is 2.84. The van der Waals surface area contributed by atoms with Crippen LogP contribution in [0.1, 0.15) is 31.2 Å². The molecule has 0 saturated heterocycles. The summed E-state index contributed by atoms with van der Waals surface area (Å²) < 4.78 is 11.3. The summed E-state index contributed by atoms with van der Waals surface area (Å²) in [7, 11) is 1.71. The largest absolute Gasteiger partial charge is 0.497 e. The predicted molar refractivity (Wildman–Crippen MR) is 58.5 cm³/mol. The van der Waals surface area contributed by atoms with Gasteiger partial charge in [-0.1, -0.05) is 0 Å². The summed E-state index contributed by atoms with van der Waals surface area (Å²) >= 11 is 0. The van der Waals surface area contributed by atoms with Crippen molar-refractivity contribution in [3.63, 3.8) is 0 Å². The lowest BCUT2D eigenvalue weighted by molar-refractivity contribution is 0.103. The first-order valence-electron chi connectivity index (χ1n) is 5.67. The number of hydrogen-bond donors (Lipinski definition) is 0. The fraction of sp³-hybridized carbons (Fsp3) is 0.538.